The van der Waals surface area contributed by atoms with Crippen molar-refractivity contribution >= 4 is 23.3 Å². The van der Waals surface area contributed by atoms with E-state index in [-0.39, 0.29) is 17.6 Å². The Morgan fingerprint density at radius 1 is 1.06 bits per heavy atom. The van der Waals surface area contributed by atoms with Gasteiger partial charge in [0.25, 0.3) is 11.6 Å². The summed E-state index contributed by atoms with van der Waals surface area (Å²) in [7, 11) is 0. The molecule has 2 heterocycles. The number of benzene rings is 2. The van der Waals surface area contributed by atoms with E-state index < -0.39 is 10.5 Å². The molecule has 0 unspecified atom stereocenters. The summed E-state index contributed by atoms with van der Waals surface area (Å²) in [6.07, 6.45) is 0.487. The third-order valence-corrected chi connectivity index (χ3v) is 6.25. The zero-order chi connectivity index (χ0) is 22.0. The monoisotopic (exact) mass is 424 g/mol. The van der Waals surface area contributed by atoms with Gasteiger partial charge in [0.1, 0.15) is 5.54 Å². The lowest BCUT2D eigenvalue weighted by atomic mass is 9.87. The van der Waals surface area contributed by atoms with Crippen LogP contribution in [0.5, 0.6) is 0 Å². The van der Waals surface area contributed by atoms with Gasteiger partial charge >= 0.3 is 6.03 Å². The van der Waals surface area contributed by atoms with Crippen molar-refractivity contribution in [3.05, 3.63) is 70.3 Å². The summed E-state index contributed by atoms with van der Waals surface area (Å²) < 4.78 is 0. The number of carbonyl (C=O) groups is 2. The Morgan fingerprint density at radius 3 is 2.29 bits per heavy atom. The number of imide groups is 1. The number of piperazine rings is 1. The first-order valence-electron chi connectivity index (χ1n) is 10.5. The maximum absolute atomic E-state index is 13.3. The molecule has 2 fully saturated rings. The van der Waals surface area contributed by atoms with Crippen LogP contribution in [0, 0.1) is 10.1 Å². The average molecular weight is 424 g/mol. The lowest BCUT2D eigenvalue weighted by molar-refractivity contribution is -0.907. The van der Waals surface area contributed by atoms with E-state index in [0.717, 1.165) is 42.3 Å². The van der Waals surface area contributed by atoms with Crippen LogP contribution >= 0.6 is 0 Å². The SMILES string of the molecule is CC[C@]1(c2ccccc2)NC(=O)N(C[NH+]2CCN(c3ccc([N+](=O)[O-])cc3)CC2)C1=O. The Hall–Kier alpha value is -3.46. The highest BCUT2D eigenvalue weighted by Crippen LogP contribution is 2.31. The predicted octanol–water partition coefficient (Wildman–Crippen LogP) is 1.11. The van der Waals surface area contributed by atoms with Gasteiger partial charge in [0.2, 0.25) is 0 Å². The van der Waals surface area contributed by atoms with Crippen LogP contribution in [-0.2, 0) is 10.3 Å². The Kier molecular flexibility index (Phi) is 5.60. The van der Waals surface area contributed by atoms with Crippen molar-refractivity contribution in [2.45, 2.75) is 18.9 Å². The zero-order valence-electron chi connectivity index (χ0n) is 17.4. The van der Waals surface area contributed by atoms with Gasteiger partial charge in [0.05, 0.1) is 31.1 Å². The Morgan fingerprint density at radius 2 is 1.71 bits per heavy atom. The van der Waals surface area contributed by atoms with Crippen LogP contribution in [0.15, 0.2) is 54.6 Å². The molecule has 1 atom stereocenters. The quantitative estimate of drug-likeness (QED) is 0.411. The first-order chi connectivity index (χ1) is 14.9. The minimum absolute atomic E-state index is 0.0735. The van der Waals surface area contributed by atoms with Crippen LogP contribution < -0.4 is 15.1 Å². The fourth-order valence-corrected chi connectivity index (χ4v) is 4.38. The molecular formula is C22H26N5O4+. The number of rotatable bonds is 6. The van der Waals surface area contributed by atoms with Crippen LogP contribution in [0.3, 0.4) is 0 Å². The molecular weight excluding hydrogens is 398 g/mol. The molecule has 162 valence electrons. The van der Waals surface area contributed by atoms with Gasteiger partial charge in [-0.15, -0.1) is 0 Å². The first kappa shape index (κ1) is 20.8. The summed E-state index contributed by atoms with van der Waals surface area (Å²) in [5, 5.41) is 13.8. The number of amides is 3. The summed E-state index contributed by atoms with van der Waals surface area (Å²) in [6, 6.07) is 15.6. The van der Waals surface area contributed by atoms with Gasteiger partial charge < -0.3 is 15.1 Å². The van der Waals surface area contributed by atoms with Crippen LogP contribution in [0.1, 0.15) is 18.9 Å². The standard InChI is InChI=1S/C22H25N5O4/c1-2-22(17-6-4-3-5-7-17)20(28)26(21(29)23-22)16-24-12-14-25(15-13-24)18-8-10-19(11-9-18)27(30)31/h3-11H,2,12-16H2,1H3,(H,23,29)/p+1/t22-/m1/s1. The number of urea groups is 1. The second kappa shape index (κ2) is 8.35. The van der Waals surface area contributed by atoms with E-state index in [4.69, 9.17) is 0 Å². The summed E-state index contributed by atoms with van der Waals surface area (Å²) in [5.41, 5.74) is 0.813. The minimum Gasteiger partial charge on any atom is -0.360 e. The lowest BCUT2D eigenvalue weighted by Crippen LogP contribution is -3.16. The largest absolute Gasteiger partial charge is 0.360 e. The van der Waals surface area contributed by atoms with E-state index in [1.807, 2.05) is 37.3 Å². The number of hydrogen-bond donors (Lipinski definition) is 2. The zero-order valence-corrected chi connectivity index (χ0v) is 17.4. The second-order valence-electron chi connectivity index (χ2n) is 7.96. The Balaban J connectivity index is 1.40. The molecule has 0 spiro atoms. The summed E-state index contributed by atoms with van der Waals surface area (Å²) in [4.78, 5) is 41.1. The Labute approximate surface area is 180 Å². The molecule has 0 aliphatic carbocycles. The van der Waals surface area contributed by atoms with Gasteiger partial charge in [-0.25, -0.2) is 9.69 Å². The third kappa shape index (κ3) is 3.84. The van der Waals surface area contributed by atoms with E-state index in [1.165, 1.54) is 17.0 Å². The number of nitrogens with zero attached hydrogens (tertiary/aromatic N) is 3. The highest BCUT2D eigenvalue weighted by molar-refractivity contribution is 6.07. The highest BCUT2D eigenvalue weighted by Gasteiger charge is 2.52. The summed E-state index contributed by atoms with van der Waals surface area (Å²) >= 11 is 0. The van der Waals surface area contributed by atoms with E-state index >= 15 is 0 Å². The van der Waals surface area contributed by atoms with Crippen LogP contribution in [0.25, 0.3) is 0 Å². The molecule has 9 nitrogen and oxygen atoms in total. The molecule has 2 aliphatic rings. The van der Waals surface area contributed by atoms with Crippen molar-refractivity contribution in [3.63, 3.8) is 0 Å². The number of nitrogens with one attached hydrogen (secondary N) is 2. The van der Waals surface area contributed by atoms with Crippen LogP contribution in [0.2, 0.25) is 0 Å². The molecule has 2 N–H and O–H groups in total. The maximum atomic E-state index is 13.3. The van der Waals surface area contributed by atoms with E-state index in [1.54, 1.807) is 12.1 Å². The number of anilines is 1. The van der Waals surface area contributed by atoms with E-state index in [9.17, 15) is 19.7 Å². The summed E-state index contributed by atoms with van der Waals surface area (Å²) in [6.45, 7) is 5.25. The first-order valence-corrected chi connectivity index (χ1v) is 10.5. The van der Waals surface area contributed by atoms with Crippen molar-refractivity contribution in [1.82, 2.24) is 10.2 Å². The molecule has 0 radical (unpaired) electrons. The lowest BCUT2D eigenvalue weighted by Gasteiger charge is -2.34. The van der Waals surface area contributed by atoms with Crippen molar-refractivity contribution in [1.29, 1.82) is 0 Å². The second-order valence-corrected chi connectivity index (χ2v) is 7.96. The number of non-ortho nitro benzene ring substituents is 1. The van der Waals surface area contributed by atoms with E-state index in [2.05, 4.69) is 10.2 Å². The highest BCUT2D eigenvalue weighted by atomic mass is 16.6. The summed E-state index contributed by atoms with van der Waals surface area (Å²) in [5.74, 6) is -0.198. The fourth-order valence-electron chi connectivity index (χ4n) is 4.38. The number of carbonyl (C=O) groups excluding carboxylic acids is 2. The molecule has 2 saturated heterocycles. The van der Waals surface area contributed by atoms with Crippen LogP contribution in [0.4, 0.5) is 16.2 Å². The molecule has 4 rings (SSSR count). The molecule has 2 aromatic rings. The molecule has 0 saturated carbocycles. The molecule has 2 aromatic carbocycles. The van der Waals surface area contributed by atoms with Crippen molar-refractivity contribution in [3.8, 4) is 0 Å². The van der Waals surface area contributed by atoms with Gasteiger partial charge in [-0.1, -0.05) is 37.3 Å². The molecule has 3 amide bonds. The molecule has 0 aromatic heterocycles. The maximum Gasteiger partial charge on any atom is 0.329 e. The van der Waals surface area contributed by atoms with Gasteiger partial charge in [0.15, 0.2) is 6.67 Å². The number of hydrogen-bond acceptors (Lipinski definition) is 5. The van der Waals surface area contributed by atoms with Gasteiger partial charge in [-0.3, -0.25) is 14.9 Å². The minimum atomic E-state index is -1.00. The van der Waals surface area contributed by atoms with Crippen molar-refractivity contribution in [2.24, 2.45) is 0 Å². The van der Waals surface area contributed by atoms with Gasteiger partial charge in [0, 0.05) is 17.8 Å². The van der Waals surface area contributed by atoms with E-state index in [0.29, 0.717) is 13.1 Å². The average Bonchev–Trinajstić information content (AvgIpc) is 3.05. The molecule has 2 aliphatic heterocycles. The predicted molar refractivity (Wildman–Crippen MR) is 115 cm³/mol. The van der Waals surface area contributed by atoms with Crippen LogP contribution in [-0.4, -0.2) is 54.6 Å². The molecule has 0 bridgehead atoms. The Bertz CT molecular complexity index is 973. The molecule has 9 heteroatoms. The van der Waals surface area contributed by atoms with Crippen molar-refractivity contribution in [2.75, 3.05) is 37.7 Å². The topological polar surface area (TPSA) is 100 Å². The third-order valence-electron chi connectivity index (χ3n) is 6.25. The van der Waals surface area contributed by atoms with Crippen molar-refractivity contribution < 1.29 is 19.4 Å². The smallest absolute Gasteiger partial charge is 0.329 e. The normalized spacial score (nSPS) is 22.0. The van der Waals surface area contributed by atoms with Gasteiger partial charge in [-0.05, 0) is 24.1 Å². The fraction of sp³-hybridized carbons (Fsp3) is 0.364. The number of nitro groups is 1. The number of nitro benzene ring substituents is 1. The molecule has 31 heavy (non-hydrogen) atoms. The number of quaternary nitrogens is 1. The van der Waals surface area contributed by atoms with Gasteiger partial charge in [-0.2, -0.15) is 0 Å².